The van der Waals surface area contributed by atoms with E-state index >= 15 is 0 Å². The molecule has 7 nitrogen and oxygen atoms in total. The number of benzene rings is 1. The number of aliphatic hydroxyl groups is 1. The van der Waals surface area contributed by atoms with Crippen molar-refractivity contribution >= 4 is 17.1 Å². The van der Waals surface area contributed by atoms with Crippen LogP contribution in [0.4, 0.5) is 5.82 Å². The number of anilines is 1. The zero-order valence-electron chi connectivity index (χ0n) is 13.7. The van der Waals surface area contributed by atoms with E-state index in [1.165, 1.54) is 10.8 Å². The van der Waals surface area contributed by atoms with Gasteiger partial charge in [0.1, 0.15) is 17.5 Å². The fourth-order valence-electron chi connectivity index (χ4n) is 2.56. The number of hydrogen-bond acceptors (Lipinski definition) is 6. The summed E-state index contributed by atoms with van der Waals surface area (Å²) in [4.78, 5) is 16.2. The lowest BCUT2D eigenvalue weighted by atomic mass is 10.1. The lowest BCUT2D eigenvalue weighted by molar-refractivity contribution is 0.0236. The third-order valence-corrected chi connectivity index (χ3v) is 3.89. The number of carbonyl (C=O) groups excluding carboxylic acids is 1. The molecule has 0 amide bonds. The van der Waals surface area contributed by atoms with Crippen molar-refractivity contribution < 1.29 is 14.6 Å². The van der Waals surface area contributed by atoms with Crippen LogP contribution in [0, 0.1) is 0 Å². The van der Waals surface area contributed by atoms with Crippen LogP contribution < -0.4 is 5.73 Å². The number of rotatable bonds is 8. The molecular weight excluding hydrogens is 320 g/mol. The second kappa shape index (κ2) is 7.87. The highest BCUT2D eigenvalue weighted by Crippen LogP contribution is 2.15. The molecule has 3 rings (SSSR count). The predicted octanol–water partition coefficient (Wildman–Crippen LogP) is 1.85. The quantitative estimate of drug-likeness (QED) is 0.607. The summed E-state index contributed by atoms with van der Waals surface area (Å²) in [5.74, 6) is 0.212. The number of ketones is 1. The second-order valence-electron chi connectivity index (χ2n) is 5.78. The van der Waals surface area contributed by atoms with E-state index in [0.29, 0.717) is 30.1 Å². The number of fused-ring (bicyclic) bond motifs is 1. The molecule has 3 N–H and O–H groups in total. The Labute approximate surface area is 145 Å². The summed E-state index contributed by atoms with van der Waals surface area (Å²) in [6, 6.07) is 13.1. The molecule has 0 spiro atoms. The van der Waals surface area contributed by atoms with Gasteiger partial charge in [0.05, 0.1) is 19.3 Å². The second-order valence-corrected chi connectivity index (χ2v) is 5.78. The molecule has 1 unspecified atom stereocenters. The van der Waals surface area contributed by atoms with Gasteiger partial charge in [0.15, 0.2) is 11.6 Å². The van der Waals surface area contributed by atoms with Gasteiger partial charge in [-0.3, -0.25) is 4.79 Å². The fourth-order valence-corrected chi connectivity index (χ4v) is 2.56. The van der Waals surface area contributed by atoms with Gasteiger partial charge in [0, 0.05) is 6.42 Å². The highest BCUT2D eigenvalue weighted by Gasteiger charge is 2.15. The average Bonchev–Trinajstić information content (AvgIpc) is 3.06. The maximum atomic E-state index is 12.4. The number of carbonyl (C=O) groups is 1. The van der Waals surface area contributed by atoms with Crippen molar-refractivity contribution in [3.8, 4) is 0 Å². The molecule has 25 heavy (non-hydrogen) atoms. The van der Waals surface area contributed by atoms with E-state index in [1.807, 2.05) is 30.3 Å². The van der Waals surface area contributed by atoms with E-state index in [2.05, 4.69) is 10.1 Å². The van der Waals surface area contributed by atoms with Crippen molar-refractivity contribution in [3.63, 3.8) is 0 Å². The van der Waals surface area contributed by atoms with Gasteiger partial charge < -0.3 is 15.6 Å². The Morgan fingerprint density at radius 3 is 2.84 bits per heavy atom. The standard InChI is InChI=1S/C18H20N4O3/c19-18-16-8-7-15(22(16)21-12-20-18)17(24)9-6-14(23)11-25-10-13-4-2-1-3-5-13/h1-5,7-8,12,14,23H,6,9-11H2,(H2,19,20,21). The molecule has 0 radical (unpaired) electrons. The van der Waals surface area contributed by atoms with Crippen molar-refractivity contribution in [2.45, 2.75) is 25.6 Å². The minimum Gasteiger partial charge on any atom is -0.391 e. The Morgan fingerprint density at radius 2 is 2.04 bits per heavy atom. The molecule has 1 aromatic carbocycles. The van der Waals surface area contributed by atoms with Crippen LogP contribution in [0.25, 0.3) is 5.52 Å². The van der Waals surface area contributed by atoms with Crippen molar-refractivity contribution in [2.24, 2.45) is 0 Å². The number of aliphatic hydroxyl groups excluding tert-OH is 1. The van der Waals surface area contributed by atoms with Crippen molar-refractivity contribution in [1.82, 2.24) is 14.6 Å². The van der Waals surface area contributed by atoms with Gasteiger partial charge in [0.25, 0.3) is 0 Å². The van der Waals surface area contributed by atoms with E-state index in [4.69, 9.17) is 10.5 Å². The summed E-state index contributed by atoms with van der Waals surface area (Å²) in [6.45, 7) is 0.623. The number of hydrogen-bond donors (Lipinski definition) is 2. The molecule has 0 aliphatic heterocycles. The van der Waals surface area contributed by atoms with Gasteiger partial charge in [-0.25, -0.2) is 9.50 Å². The van der Waals surface area contributed by atoms with Crippen LogP contribution in [0.2, 0.25) is 0 Å². The van der Waals surface area contributed by atoms with Crippen molar-refractivity contribution in [2.75, 3.05) is 12.3 Å². The summed E-state index contributed by atoms with van der Waals surface area (Å²) >= 11 is 0. The molecule has 3 aromatic rings. The van der Waals surface area contributed by atoms with E-state index in [1.54, 1.807) is 12.1 Å². The smallest absolute Gasteiger partial charge is 0.181 e. The van der Waals surface area contributed by atoms with Crippen molar-refractivity contribution in [1.29, 1.82) is 0 Å². The van der Waals surface area contributed by atoms with Crippen LogP contribution in [-0.2, 0) is 11.3 Å². The molecule has 130 valence electrons. The number of ether oxygens (including phenoxy) is 1. The fraction of sp³-hybridized carbons (Fsp3) is 0.278. The molecule has 7 heteroatoms. The number of nitrogens with zero attached hydrogens (tertiary/aromatic N) is 3. The van der Waals surface area contributed by atoms with Gasteiger partial charge in [-0.15, -0.1) is 0 Å². The molecule has 2 heterocycles. The minimum atomic E-state index is -0.696. The lowest BCUT2D eigenvalue weighted by Crippen LogP contribution is -2.17. The molecule has 0 aliphatic rings. The Hall–Kier alpha value is -2.77. The maximum Gasteiger partial charge on any atom is 0.181 e. The van der Waals surface area contributed by atoms with Crippen molar-refractivity contribution in [3.05, 3.63) is 60.0 Å². The van der Waals surface area contributed by atoms with Crippen LogP contribution in [-0.4, -0.2) is 38.2 Å². The predicted molar refractivity (Wildman–Crippen MR) is 93.1 cm³/mol. The van der Waals surface area contributed by atoms with Gasteiger partial charge in [-0.05, 0) is 24.1 Å². The highest BCUT2D eigenvalue weighted by atomic mass is 16.5. The molecule has 2 aromatic heterocycles. The molecule has 1 atom stereocenters. The molecule has 0 fully saturated rings. The van der Waals surface area contributed by atoms with E-state index in [-0.39, 0.29) is 18.8 Å². The Balaban J connectivity index is 1.49. The lowest BCUT2D eigenvalue weighted by Gasteiger charge is -2.11. The van der Waals surface area contributed by atoms with Gasteiger partial charge >= 0.3 is 0 Å². The van der Waals surface area contributed by atoms with E-state index in [0.717, 1.165) is 5.56 Å². The van der Waals surface area contributed by atoms with Crippen LogP contribution >= 0.6 is 0 Å². The Bertz CT molecular complexity index is 848. The summed E-state index contributed by atoms with van der Waals surface area (Å²) in [6.07, 6.45) is 1.14. The maximum absolute atomic E-state index is 12.4. The first-order chi connectivity index (χ1) is 12.1. The SMILES string of the molecule is Nc1ncnn2c(C(=O)CCC(O)COCc3ccccc3)ccc12. The Morgan fingerprint density at radius 1 is 1.24 bits per heavy atom. The largest absolute Gasteiger partial charge is 0.391 e. The van der Waals surface area contributed by atoms with E-state index in [9.17, 15) is 9.90 Å². The summed E-state index contributed by atoms with van der Waals surface area (Å²) in [5.41, 5.74) is 7.83. The first kappa shape index (κ1) is 17.1. The number of aromatic nitrogens is 3. The zero-order valence-corrected chi connectivity index (χ0v) is 13.7. The number of nitrogens with two attached hydrogens (primary N) is 1. The molecule has 0 bridgehead atoms. The molecule has 0 saturated heterocycles. The monoisotopic (exact) mass is 340 g/mol. The topological polar surface area (TPSA) is 103 Å². The zero-order chi connectivity index (χ0) is 17.6. The van der Waals surface area contributed by atoms with Gasteiger partial charge in [0.2, 0.25) is 0 Å². The number of nitrogen functional groups attached to an aromatic ring is 1. The summed E-state index contributed by atoms with van der Waals surface area (Å²) in [5, 5.41) is 14.1. The van der Waals surface area contributed by atoms with Crippen LogP contribution in [0.15, 0.2) is 48.8 Å². The highest BCUT2D eigenvalue weighted by molar-refractivity contribution is 5.96. The van der Waals surface area contributed by atoms with Crippen LogP contribution in [0.1, 0.15) is 28.9 Å². The average molecular weight is 340 g/mol. The van der Waals surface area contributed by atoms with Crippen LogP contribution in [0.3, 0.4) is 0 Å². The van der Waals surface area contributed by atoms with E-state index < -0.39 is 6.10 Å². The molecule has 0 aliphatic carbocycles. The number of Topliss-reactive ketones (excluding diaryl/α,β-unsaturated/α-hetero) is 1. The first-order valence-electron chi connectivity index (χ1n) is 8.06. The minimum absolute atomic E-state index is 0.111. The third-order valence-electron chi connectivity index (χ3n) is 3.89. The summed E-state index contributed by atoms with van der Waals surface area (Å²) < 4.78 is 6.96. The van der Waals surface area contributed by atoms with Crippen LogP contribution in [0.5, 0.6) is 0 Å². The molecule has 0 saturated carbocycles. The van der Waals surface area contributed by atoms with Gasteiger partial charge in [-0.1, -0.05) is 30.3 Å². The summed E-state index contributed by atoms with van der Waals surface area (Å²) in [7, 11) is 0. The normalized spacial score (nSPS) is 12.4. The third kappa shape index (κ3) is 4.20. The van der Waals surface area contributed by atoms with Gasteiger partial charge in [-0.2, -0.15) is 5.10 Å². The molecular formula is C18H20N4O3. The Kier molecular flexibility index (Phi) is 5.37. The first-order valence-corrected chi connectivity index (χ1v) is 8.06.